The Morgan fingerprint density at radius 1 is 1.17 bits per heavy atom. The number of hydrogen-bond acceptors (Lipinski definition) is 8. The number of hydrogen-bond donors (Lipinski definition) is 0. The highest BCUT2D eigenvalue weighted by molar-refractivity contribution is 8.07. The molecule has 0 radical (unpaired) electrons. The number of nitrogens with zero attached hydrogens (tertiary/aromatic N) is 2. The number of allylic oxidation sites excluding steroid dienone is 5. The Morgan fingerprint density at radius 2 is 1.83 bits per heavy atom. The third-order valence-electron chi connectivity index (χ3n) is 4.76. The number of carbonyl (C=O) groups is 1. The van der Waals surface area contributed by atoms with Gasteiger partial charge in [-0.25, -0.2) is 17.8 Å². The molecule has 3 aromatic rings. The normalized spacial score (nSPS) is 12.8. The van der Waals surface area contributed by atoms with Crippen LogP contribution in [0.15, 0.2) is 93.7 Å². The lowest BCUT2D eigenvalue weighted by Crippen LogP contribution is -2.15. The van der Waals surface area contributed by atoms with Gasteiger partial charge in [-0.1, -0.05) is 36.9 Å². The fraction of sp³-hybridized carbons (Fsp3) is 0.120. The zero-order chi connectivity index (χ0) is 26.3. The molecule has 0 saturated heterocycles. The van der Waals surface area contributed by atoms with Gasteiger partial charge in [0.1, 0.15) is 5.82 Å². The van der Waals surface area contributed by atoms with E-state index in [2.05, 4.69) is 4.98 Å². The summed E-state index contributed by atoms with van der Waals surface area (Å²) in [5.41, 5.74) is 0.445. The quantitative estimate of drug-likeness (QED) is 0.125. The summed E-state index contributed by atoms with van der Waals surface area (Å²) in [7, 11) is -4.44. The van der Waals surface area contributed by atoms with Crippen molar-refractivity contribution in [3.8, 4) is 0 Å². The first-order valence-corrected chi connectivity index (χ1v) is 13.8. The molecule has 0 N–H and O–H groups in total. The molecule has 0 saturated carbocycles. The highest BCUT2D eigenvalue weighted by atomic mass is 32.2. The van der Waals surface area contributed by atoms with Gasteiger partial charge in [0.05, 0.1) is 14.7 Å². The van der Waals surface area contributed by atoms with Crippen molar-refractivity contribution >= 4 is 49.3 Å². The molecule has 11 heteroatoms. The van der Waals surface area contributed by atoms with E-state index in [1.807, 2.05) is 38.2 Å². The number of sulfone groups is 1. The molecule has 3 rings (SSSR count). The molecular formula is C25H21FN2O5S3. The first kappa shape index (κ1) is 27.2. The lowest BCUT2D eigenvalue weighted by molar-refractivity contribution is -0.384. The largest absolute Gasteiger partial charge is 0.309 e. The van der Waals surface area contributed by atoms with Crippen LogP contribution in [-0.2, 0) is 9.84 Å². The maximum Gasteiger partial charge on any atom is 0.309 e. The number of nitro benzene ring substituents is 1. The zero-order valence-electron chi connectivity index (χ0n) is 19.3. The van der Waals surface area contributed by atoms with Crippen molar-refractivity contribution in [1.29, 1.82) is 0 Å². The molecular weight excluding hydrogens is 523 g/mol. The predicted octanol–water partition coefficient (Wildman–Crippen LogP) is 6.85. The zero-order valence-corrected chi connectivity index (χ0v) is 21.7. The number of non-ortho nitro benzene ring substituents is 1. The highest BCUT2D eigenvalue weighted by Crippen LogP contribution is 2.39. The van der Waals surface area contributed by atoms with Gasteiger partial charge in [0, 0.05) is 33.7 Å². The average molecular weight is 545 g/mol. The molecule has 36 heavy (non-hydrogen) atoms. The predicted molar refractivity (Wildman–Crippen MR) is 140 cm³/mol. The molecule has 0 aliphatic carbocycles. The van der Waals surface area contributed by atoms with Crippen molar-refractivity contribution in [3.63, 3.8) is 0 Å². The summed E-state index contributed by atoms with van der Waals surface area (Å²) in [4.78, 5) is 28.9. The van der Waals surface area contributed by atoms with Gasteiger partial charge in [0.25, 0.3) is 5.69 Å². The van der Waals surface area contributed by atoms with Gasteiger partial charge in [0.15, 0.2) is 5.01 Å². The summed E-state index contributed by atoms with van der Waals surface area (Å²) < 4.78 is 39.0. The number of thioether (sulfide) groups is 1. The number of thiazole rings is 1. The maximum atomic E-state index is 13.4. The molecule has 0 spiro atoms. The van der Waals surface area contributed by atoms with Crippen LogP contribution in [0.1, 0.15) is 34.9 Å². The van der Waals surface area contributed by atoms with Crippen LogP contribution in [0.4, 0.5) is 10.1 Å². The molecule has 0 aliphatic rings. The highest BCUT2D eigenvalue weighted by Gasteiger charge is 2.30. The fourth-order valence-electron chi connectivity index (χ4n) is 2.97. The third-order valence-corrected chi connectivity index (χ3v) is 8.58. The second kappa shape index (κ2) is 12.0. The van der Waals surface area contributed by atoms with Crippen molar-refractivity contribution in [1.82, 2.24) is 4.98 Å². The summed E-state index contributed by atoms with van der Waals surface area (Å²) in [6.07, 6.45) is 9.84. The minimum absolute atomic E-state index is 0.224. The topological polar surface area (TPSA) is 107 Å². The number of aromatic nitrogens is 1. The van der Waals surface area contributed by atoms with E-state index in [0.29, 0.717) is 4.88 Å². The number of halogens is 1. The molecule has 186 valence electrons. The Hall–Kier alpha value is -3.41. The van der Waals surface area contributed by atoms with Crippen LogP contribution < -0.4 is 0 Å². The minimum Gasteiger partial charge on any atom is -0.273 e. The molecule has 0 aliphatic heterocycles. The number of benzene rings is 2. The second-order valence-corrected chi connectivity index (χ2v) is 11.2. The summed E-state index contributed by atoms with van der Waals surface area (Å²) in [6.45, 7) is 3.81. The average Bonchev–Trinajstić information content (AvgIpc) is 3.35. The maximum absolute atomic E-state index is 13.4. The Bertz CT molecular complexity index is 1460. The van der Waals surface area contributed by atoms with Gasteiger partial charge in [0.2, 0.25) is 9.84 Å². The Kier molecular flexibility index (Phi) is 9.08. The van der Waals surface area contributed by atoms with E-state index in [1.165, 1.54) is 30.1 Å². The summed E-state index contributed by atoms with van der Waals surface area (Å²) >= 11 is 2.32. The van der Waals surface area contributed by atoms with E-state index in [0.717, 1.165) is 57.4 Å². The first-order valence-electron chi connectivity index (χ1n) is 10.6. The summed E-state index contributed by atoms with van der Waals surface area (Å²) in [6, 6.07) is 10.1. The van der Waals surface area contributed by atoms with E-state index >= 15 is 0 Å². The molecule has 0 bridgehead atoms. The van der Waals surface area contributed by atoms with Crippen molar-refractivity contribution < 1.29 is 22.5 Å². The molecule has 0 atom stereocenters. The van der Waals surface area contributed by atoms with E-state index in [4.69, 9.17) is 0 Å². The van der Waals surface area contributed by atoms with Crippen LogP contribution in [0.3, 0.4) is 0 Å². The molecule has 0 unspecified atom stereocenters. The van der Waals surface area contributed by atoms with Gasteiger partial charge in [-0.05, 0) is 55.8 Å². The Morgan fingerprint density at radius 3 is 2.42 bits per heavy atom. The Balaban J connectivity index is 1.92. The number of carbonyl (C=O) groups excluding carboxylic acids is 1. The third kappa shape index (κ3) is 6.42. The molecule has 1 heterocycles. The van der Waals surface area contributed by atoms with Crippen LogP contribution in [0.5, 0.6) is 0 Å². The van der Waals surface area contributed by atoms with Crippen LogP contribution in [0.25, 0.3) is 5.57 Å². The monoisotopic (exact) mass is 544 g/mol. The SMILES string of the molecule is C\C=C(/C(=C\C=C\CC)Sc1ccc(F)cc1)c1cnc(C(=O)S(=O)(=O)c2ccc([N+](=O)[O-])cc2)s1. The van der Waals surface area contributed by atoms with Crippen LogP contribution in [0.2, 0.25) is 0 Å². The molecule has 7 nitrogen and oxygen atoms in total. The van der Waals surface area contributed by atoms with Crippen molar-refractivity contribution in [2.75, 3.05) is 0 Å². The number of rotatable bonds is 9. The summed E-state index contributed by atoms with van der Waals surface area (Å²) in [5.74, 6) is -0.346. The van der Waals surface area contributed by atoms with Gasteiger partial charge in [-0.2, -0.15) is 0 Å². The lowest BCUT2D eigenvalue weighted by atomic mass is 10.2. The van der Waals surface area contributed by atoms with E-state index in [9.17, 15) is 27.7 Å². The lowest BCUT2D eigenvalue weighted by Gasteiger charge is -2.10. The smallest absolute Gasteiger partial charge is 0.273 e. The van der Waals surface area contributed by atoms with Gasteiger partial charge in [-0.15, -0.1) is 11.3 Å². The summed E-state index contributed by atoms with van der Waals surface area (Å²) in [5, 5.41) is 9.42. The van der Waals surface area contributed by atoms with Crippen LogP contribution in [-0.4, -0.2) is 23.4 Å². The van der Waals surface area contributed by atoms with Gasteiger partial charge >= 0.3 is 5.12 Å². The van der Waals surface area contributed by atoms with Crippen molar-refractivity contribution in [3.05, 3.63) is 110 Å². The van der Waals surface area contributed by atoms with Gasteiger partial charge < -0.3 is 0 Å². The minimum atomic E-state index is -4.44. The van der Waals surface area contributed by atoms with Crippen molar-refractivity contribution in [2.45, 2.75) is 30.1 Å². The van der Waals surface area contributed by atoms with E-state index < -0.39 is 19.9 Å². The number of nitro groups is 1. The Labute approximate surface area is 216 Å². The van der Waals surface area contributed by atoms with E-state index in [-0.39, 0.29) is 21.4 Å². The fourth-order valence-corrected chi connectivity index (χ4v) is 6.33. The molecule has 0 fully saturated rings. The first-order chi connectivity index (χ1) is 17.2. The van der Waals surface area contributed by atoms with Gasteiger partial charge in [-0.3, -0.25) is 14.9 Å². The van der Waals surface area contributed by atoms with Crippen LogP contribution >= 0.6 is 23.1 Å². The standard InChI is InChI=1S/C25H21FN2O5S3/c1-3-5-6-7-22(34-19-12-8-17(26)9-13-19)21(4-2)23-16-27-24(35-23)25(29)36(32,33)20-14-10-18(11-15-20)28(30)31/h4-16H,3H2,1-2H3/b6-5+,21-4+,22-7+. The second-order valence-electron chi connectivity index (χ2n) is 7.20. The van der Waals surface area contributed by atoms with Crippen LogP contribution in [0, 0.1) is 15.9 Å². The molecule has 0 amide bonds. The molecule has 1 aromatic heterocycles. The van der Waals surface area contributed by atoms with E-state index in [1.54, 1.807) is 12.1 Å². The molecule has 2 aromatic carbocycles. The van der Waals surface area contributed by atoms with Crippen molar-refractivity contribution in [2.24, 2.45) is 0 Å².